The summed E-state index contributed by atoms with van der Waals surface area (Å²) in [6.45, 7) is 0.277. The molecule has 1 aromatic carbocycles. The van der Waals surface area contributed by atoms with Crippen LogP contribution < -0.4 is 5.56 Å². The SMILES string of the molecule is O=c1ccc(-c2c(-c3ccccc3)nn3ccccc23)nn1Cc1ncc[nH]1. The van der Waals surface area contributed by atoms with Crippen LogP contribution in [-0.4, -0.2) is 29.4 Å². The Labute approximate surface area is 159 Å². The number of rotatable bonds is 4. The van der Waals surface area contributed by atoms with Crippen LogP contribution >= 0.6 is 0 Å². The average molecular weight is 368 g/mol. The summed E-state index contributed by atoms with van der Waals surface area (Å²) >= 11 is 0. The van der Waals surface area contributed by atoms with Crippen LogP contribution in [0.25, 0.3) is 28.0 Å². The molecule has 0 amide bonds. The maximum atomic E-state index is 12.3. The predicted molar refractivity (Wildman–Crippen MR) is 106 cm³/mol. The van der Waals surface area contributed by atoms with Crippen LogP contribution in [0.1, 0.15) is 5.82 Å². The second-order valence-corrected chi connectivity index (χ2v) is 6.37. The van der Waals surface area contributed by atoms with Gasteiger partial charge in [0.2, 0.25) is 0 Å². The van der Waals surface area contributed by atoms with Gasteiger partial charge in [0.15, 0.2) is 0 Å². The monoisotopic (exact) mass is 368 g/mol. The third kappa shape index (κ3) is 2.79. The molecule has 7 heteroatoms. The average Bonchev–Trinajstić information content (AvgIpc) is 3.38. The van der Waals surface area contributed by atoms with E-state index in [0.29, 0.717) is 11.5 Å². The van der Waals surface area contributed by atoms with E-state index >= 15 is 0 Å². The lowest BCUT2D eigenvalue weighted by atomic mass is 10.0. The number of H-pyrrole nitrogens is 1. The van der Waals surface area contributed by atoms with Crippen molar-refractivity contribution in [1.82, 2.24) is 29.4 Å². The zero-order chi connectivity index (χ0) is 18.9. The Morgan fingerprint density at radius 1 is 0.929 bits per heavy atom. The quantitative estimate of drug-likeness (QED) is 0.529. The molecule has 4 aromatic heterocycles. The van der Waals surface area contributed by atoms with Gasteiger partial charge >= 0.3 is 0 Å². The van der Waals surface area contributed by atoms with E-state index in [-0.39, 0.29) is 12.1 Å². The number of aromatic amines is 1. The standard InChI is InChI=1S/C21H16N6O/c28-19-10-9-16(24-27(19)14-18-22-11-12-23-18)20-17-8-4-5-13-26(17)25-21(20)15-6-2-1-3-7-15/h1-13H,14H2,(H,22,23). The van der Waals surface area contributed by atoms with Gasteiger partial charge in [-0.3, -0.25) is 4.79 Å². The molecule has 0 aliphatic rings. The molecule has 0 saturated heterocycles. The molecule has 136 valence electrons. The lowest BCUT2D eigenvalue weighted by Gasteiger charge is -2.07. The van der Waals surface area contributed by atoms with Crippen molar-refractivity contribution in [3.63, 3.8) is 0 Å². The molecule has 0 saturated carbocycles. The van der Waals surface area contributed by atoms with E-state index in [4.69, 9.17) is 5.10 Å². The fraction of sp³-hybridized carbons (Fsp3) is 0.0476. The van der Waals surface area contributed by atoms with Gasteiger partial charge < -0.3 is 4.98 Å². The summed E-state index contributed by atoms with van der Waals surface area (Å²) in [5, 5.41) is 9.37. The Kier molecular flexibility index (Phi) is 3.83. The molecular formula is C21H16N6O. The molecule has 0 unspecified atom stereocenters. The lowest BCUT2D eigenvalue weighted by Crippen LogP contribution is -2.23. The highest BCUT2D eigenvalue weighted by Gasteiger charge is 2.18. The first kappa shape index (κ1) is 16.2. The number of pyridine rings is 1. The number of benzene rings is 1. The van der Waals surface area contributed by atoms with Crippen molar-refractivity contribution in [3.8, 4) is 22.5 Å². The molecule has 0 bridgehead atoms. The van der Waals surface area contributed by atoms with Crippen LogP contribution in [0.3, 0.4) is 0 Å². The topological polar surface area (TPSA) is 80.9 Å². The minimum absolute atomic E-state index is 0.183. The van der Waals surface area contributed by atoms with Crippen molar-refractivity contribution in [2.24, 2.45) is 0 Å². The molecule has 7 nitrogen and oxygen atoms in total. The lowest BCUT2D eigenvalue weighted by molar-refractivity contribution is 0.622. The summed E-state index contributed by atoms with van der Waals surface area (Å²) in [5.41, 5.74) is 4.13. The van der Waals surface area contributed by atoms with Gasteiger partial charge in [-0.15, -0.1) is 0 Å². The van der Waals surface area contributed by atoms with Crippen LogP contribution in [0, 0.1) is 0 Å². The smallest absolute Gasteiger partial charge is 0.267 e. The molecule has 0 radical (unpaired) electrons. The van der Waals surface area contributed by atoms with Crippen molar-refractivity contribution in [2.45, 2.75) is 6.54 Å². The summed E-state index contributed by atoms with van der Waals surface area (Å²) in [4.78, 5) is 19.5. The molecule has 5 rings (SSSR count). The minimum Gasteiger partial charge on any atom is -0.347 e. The summed E-state index contributed by atoms with van der Waals surface area (Å²) in [5.74, 6) is 0.676. The van der Waals surface area contributed by atoms with Gasteiger partial charge in [0.05, 0.1) is 16.8 Å². The van der Waals surface area contributed by atoms with E-state index in [1.54, 1.807) is 18.5 Å². The number of hydrogen-bond donors (Lipinski definition) is 1. The number of nitrogens with zero attached hydrogens (tertiary/aromatic N) is 5. The normalized spacial score (nSPS) is 11.1. The van der Waals surface area contributed by atoms with Crippen LogP contribution in [0.2, 0.25) is 0 Å². The number of imidazole rings is 1. The Hall–Kier alpha value is -4.00. The maximum absolute atomic E-state index is 12.3. The van der Waals surface area contributed by atoms with Crippen molar-refractivity contribution in [2.75, 3.05) is 0 Å². The van der Waals surface area contributed by atoms with Gasteiger partial charge in [0, 0.05) is 30.2 Å². The fourth-order valence-corrected chi connectivity index (χ4v) is 3.27. The van der Waals surface area contributed by atoms with Gasteiger partial charge in [0.1, 0.15) is 18.1 Å². The Bertz CT molecular complexity index is 1300. The first-order chi connectivity index (χ1) is 13.8. The van der Waals surface area contributed by atoms with E-state index in [2.05, 4.69) is 15.1 Å². The van der Waals surface area contributed by atoms with Crippen molar-refractivity contribution in [3.05, 3.63) is 95.4 Å². The predicted octanol–water partition coefficient (Wildman–Crippen LogP) is 3.00. The third-order valence-corrected chi connectivity index (χ3v) is 4.56. The zero-order valence-electron chi connectivity index (χ0n) is 14.9. The summed E-state index contributed by atoms with van der Waals surface area (Å²) in [6, 6.07) is 19.2. The number of fused-ring (bicyclic) bond motifs is 1. The highest BCUT2D eigenvalue weighted by atomic mass is 16.1. The van der Waals surface area contributed by atoms with E-state index in [9.17, 15) is 4.79 Å². The summed E-state index contributed by atoms with van der Waals surface area (Å²) in [7, 11) is 0. The van der Waals surface area contributed by atoms with Gasteiger partial charge in [-0.05, 0) is 18.2 Å². The van der Waals surface area contributed by atoms with E-state index in [1.807, 2.05) is 59.2 Å². The fourth-order valence-electron chi connectivity index (χ4n) is 3.27. The molecular weight excluding hydrogens is 352 g/mol. The molecule has 0 atom stereocenters. The first-order valence-electron chi connectivity index (χ1n) is 8.89. The van der Waals surface area contributed by atoms with Gasteiger partial charge in [-0.2, -0.15) is 10.2 Å². The maximum Gasteiger partial charge on any atom is 0.267 e. The summed E-state index contributed by atoms with van der Waals surface area (Å²) in [6.07, 6.45) is 5.29. The minimum atomic E-state index is -0.183. The number of nitrogens with one attached hydrogen (secondary N) is 1. The molecule has 5 aromatic rings. The molecule has 0 fully saturated rings. The Morgan fingerprint density at radius 2 is 1.79 bits per heavy atom. The van der Waals surface area contributed by atoms with Crippen LogP contribution in [-0.2, 0) is 6.54 Å². The number of aromatic nitrogens is 6. The first-order valence-corrected chi connectivity index (χ1v) is 8.89. The van der Waals surface area contributed by atoms with Gasteiger partial charge in [-0.25, -0.2) is 14.2 Å². The van der Waals surface area contributed by atoms with Crippen LogP contribution in [0.5, 0.6) is 0 Å². The van der Waals surface area contributed by atoms with Crippen molar-refractivity contribution in [1.29, 1.82) is 0 Å². The second-order valence-electron chi connectivity index (χ2n) is 6.37. The molecule has 0 aliphatic heterocycles. The van der Waals surface area contributed by atoms with Crippen molar-refractivity contribution < 1.29 is 0 Å². The Morgan fingerprint density at radius 3 is 2.61 bits per heavy atom. The molecule has 1 N–H and O–H groups in total. The highest BCUT2D eigenvalue weighted by Crippen LogP contribution is 2.33. The van der Waals surface area contributed by atoms with Gasteiger partial charge in [0.25, 0.3) is 5.56 Å². The largest absolute Gasteiger partial charge is 0.347 e. The van der Waals surface area contributed by atoms with E-state index in [0.717, 1.165) is 22.3 Å². The molecule has 0 aliphatic carbocycles. The molecule has 0 spiro atoms. The van der Waals surface area contributed by atoms with Crippen molar-refractivity contribution >= 4 is 5.52 Å². The molecule has 4 heterocycles. The second kappa shape index (κ2) is 6.62. The highest BCUT2D eigenvalue weighted by molar-refractivity contribution is 5.90. The van der Waals surface area contributed by atoms with E-state index < -0.39 is 0 Å². The van der Waals surface area contributed by atoms with Gasteiger partial charge in [-0.1, -0.05) is 36.4 Å². The zero-order valence-corrected chi connectivity index (χ0v) is 14.9. The van der Waals surface area contributed by atoms with E-state index in [1.165, 1.54) is 10.7 Å². The summed E-state index contributed by atoms with van der Waals surface area (Å²) < 4.78 is 3.25. The molecule has 28 heavy (non-hydrogen) atoms. The van der Waals surface area contributed by atoms with Crippen LogP contribution in [0.4, 0.5) is 0 Å². The number of hydrogen-bond acceptors (Lipinski definition) is 4. The third-order valence-electron chi connectivity index (χ3n) is 4.56. The van der Waals surface area contributed by atoms with Crippen LogP contribution in [0.15, 0.2) is 84.0 Å². The Balaban J connectivity index is 1.72.